The van der Waals surface area contributed by atoms with E-state index < -0.39 is 10.0 Å². The van der Waals surface area contributed by atoms with Crippen molar-refractivity contribution in [2.24, 2.45) is 0 Å². The normalized spacial score (nSPS) is 12.7. The predicted molar refractivity (Wildman–Crippen MR) is 122 cm³/mol. The number of nitrogens with one attached hydrogen (secondary N) is 3. The monoisotopic (exact) mass is 411 g/mol. The molecule has 0 bridgehead atoms. The van der Waals surface area contributed by atoms with Crippen molar-refractivity contribution in [2.75, 3.05) is 30.7 Å². The summed E-state index contributed by atoms with van der Waals surface area (Å²) in [4.78, 5) is 0. The highest BCUT2D eigenvalue weighted by molar-refractivity contribution is 7.89. The van der Waals surface area contributed by atoms with Crippen LogP contribution in [0.1, 0.15) is 24.9 Å². The van der Waals surface area contributed by atoms with Gasteiger partial charge in [-0.1, -0.05) is 66.7 Å². The molecule has 0 aliphatic heterocycles. The summed E-state index contributed by atoms with van der Waals surface area (Å²) in [7, 11) is -3.27. The molecular weight excluding hydrogens is 382 g/mol. The van der Waals surface area contributed by atoms with Crippen LogP contribution in [-0.4, -0.2) is 33.8 Å². The zero-order valence-corrected chi connectivity index (χ0v) is 17.6. The van der Waals surface area contributed by atoms with Crippen molar-refractivity contribution < 1.29 is 8.42 Å². The van der Waals surface area contributed by atoms with Gasteiger partial charge in [0, 0.05) is 30.2 Å². The minimum atomic E-state index is -3.27. The number of benzene rings is 3. The largest absolute Gasteiger partial charge is 0.383 e. The van der Waals surface area contributed by atoms with E-state index in [4.69, 9.17) is 0 Å². The summed E-state index contributed by atoms with van der Waals surface area (Å²) in [6.07, 6.45) is 0.573. The molecule has 3 N–H and O–H groups in total. The van der Waals surface area contributed by atoms with E-state index in [0.717, 1.165) is 16.5 Å². The first-order valence-corrected chi connectivity index (χ1v) is 11.7. The second kappa shape index (κ2) is 10.4. The predicted octanol–water partition coefficient (Wildman–Crippen LogP) is 3.91. The summed E-state index contributed by atoms with van der Waals surface area (Å²) in [6.45, 7) is 3.64. The Morgan fingerprint density at radius 2 is 1.55 bits per heavy atom. The quantitative estimate of drug-likeness (QED) is 0.419. The Hall–Kier alpha value is -2.41. The number of hydrogen-bond donors (Lipinski definition) is 3. The second-order valence-corrected chi connectivity index (χ2v) is 9.03. The lowest BCUT2D eigenvalue weighted by Gasteiger charge is -2.14. The van der Waals surface area contributed by atoms with E-state index in [0.29, 0.717) is 26.1 Å². The molecule has 1 unspecified atom stereocenters. The van der Waals surface area contributed by atoms with Crippen molar-refractivity contribution in [2.45, 2.75) is 19.4 Å². The highest BCUT2D eigenvalue weighted by atomic mass is 32.2. The first-order chi connectivity index (χ1) is 14.1. The van der Waals surface area contributed by atoms with E-state index in [1.165, 1.54) is 5.56 Å². The number of rotatable bonds is 11. The van der Waals surface area contributed by atoms with Crippen LogP contribution < -0.4 is 15.4 Å². The van der Waals surface area contributed by atoms with Gasteiger partial charge in [-0.15, -0.1) is 0 Å². The number of sulfonamides is 1. The Morgan fingerprint density at radius 3 is 2.38 bits per heavy atom. The lowest BCUT2D eigenvalue weighted by molar-refractivity contribution is 0.555. The Labute approximate surface area is 173 Å². The molecule has 0 spiro atoms. The van der Waals surface area contributed by atoms with Gasteiger partial charge in [0.25, 0.3) is 0 Å². The molecule has 0 aliphatic rings. The van der Waals surface area contributed by atoms with Gasteiger partial charge in [0.2, 0.25) is 10.0 Å². The minimum Gasteiger partial charge on any atom is -0.383 e. The van der Waals surface area contributed by atoms with Crippen LogP contribution in [0, 0.1) is 0 Å². The molecule has 6 heteroatoms. The Bertz CT molecular complexity index is 1000. The summed E-state index contributed by atoms with van der Waals surface area (Å²) in [5.74, 6) is 0.121. The first kappa shape index (κ1) is 21.3. The summed E-state index contributed by atoms with van der Waals surface area (Å²) in [5, 5.41) is 8.99. The maximum Gasteiger partial charge on any atom is 0.211 e. The topological polar surface area (TPSA) is 70.2 Å². The van der Waals surface area contributed by atoms with Crippen LogP contribution in [-0.2, 0) is 10.0 Å². The van der Waals surface area contributed by atoms with Crippen LogP contribution in [0.5, 0.6) is 0 Å². The SMILES string of the molecule is CC(NCCCS(=O)(=O)NCCNc1cccc2ccccc12)c1ccccc1. The molecule has 0 fully saturated rings. The van der Waals surface area contributed by atoms with Crippen LogP contribution in [0.4, 0.5) is 5.69 Å². The molecule has 3 aromatic carbocycles. The molecule has 0 saturated heterocycles. The molecule has 0 radical (unpaired) electrons. The number of fused-ring (bicyclic) bond motifs is 1. The average molecular weight is 412 g/mol. The van der Waals surface area contributed by atoms with Gasteiger partial charge in [0.1, 0.15) is 0 Å². The zero-order valence-electron chi connectivity index (χ0n) is 16.8. The van der Waals surface area contributed by atoms with Crippen molar-refractivity contribution in [3.63, 3.8) is 0 Å². The summed E-state index contributed by atoms with van der Waals surface area (Å²) in [6, 6.07) is 24.6. The molecular formula is C23H29N3O2S. The molecule has 1 atom stereocenters. The van der Waals surface area contributed by atoms with Crippen LogP contribution in [0.2, 0.25) is 0 Å². The van der Waals surface area contributed by atoms with Crippen molar-refractivity contribution in [3.05, 3.63) is 78.4 Å². The van der Waals surface area contributed by atoms with E-state index in [1.54, 1.807) is 0 Å². The number of hydrogen-bond acceptors (Lipinski definition) is 4. The summed E-state index contributed by atoms with van der Waals surface area (Å²) in [5.41, 5.74) is 2.22. The molecule has 3 rings (SSSR count). The van der Waals surface area contributed by atoms with Crippen molar-refractivity contribution in [1.29, 1.82) is 0 Å². The minimum absolute atomic E-state index is 0.121. The first-order valence-electron chi connectivity index (χ1n) is 10.0. The van der Waals surface area contributed by atoms with Gasteiger partial charge >= 0.3 is 0 Å². The van der Waals surface area contributed by atoms with E-state index in [9.17, 15) is 8.42 Å². The van der Waals surface area contributed by atoms with Crippen molar-refractivity contribution >= 4 is 26.5 Å². The van der Waals surface area contributed by atoms with E-state index >= 15 is 0 Å². The lowest BCUT2D eigenvalue weighted by Crippen LogP contribution is -2.32. The Morgan fingerprint density at radius 1 is 0.828 bits per heavy atom. The lowest BCUT2D eigenvalue weighted by atomic mass is 10.1. The van der Waals surface area contributed by atoms with Crippen LogP contribution in [0.25, 0.3) is 10.8 Å². The second-order valence-electron chi connectivity index (χ2n) is 7.11. The van der Waals surface area contributed by atoms with Gasteiger partial charge in [0.15, 0.2) is 0 Å². The maximum absolute atomic E-state index is 12.2. The third-order valence-electron chi connectivity index (χ3n) is 4.89. The van der Waals surface area contributed by atoms with E-state index in [-0.39, 0.29) is 11.8 Å². The maximum atomic E-state index is 12.2. The van der Waals surface area contributed by atoms with Crippen LogP contribution in [0.3, 0.4) is 0 Å². The van der Waals surface area contributed by atoms with Gasteiger partial charge in [-0.25, -0.2) is 13.1 Å². The highest BCUT2D eigenvalue weighted by Gasteiger charge is 2.10. The summed E-state index contributed by atoms with van der Waals surface area (Å²) >= 11 is 0. The molecule has 0 amide bonds. The smallest absolute Gasteiger partial charge is 0.211 e. The van der Waals surface area contributed by atoms with Crippen LogP contribution in [0.15, 0.2) is 72.8 Å². The fourth-order valence-corrected chi connectivity index (χ4v) is 4.38. The Balaban J connectivity index is 1.36. The molecule has 0 aliphatic carbocycles. The third-order valence-corrected chi connectivity index (χ3v) is 6.36. The van der Waals surface area contributed by atoms with Gasteiger partial charge < -0.3 is 10.6 Å². The number of anilines is 1. The molecule has 3 aromatic rings. The van der Waals surface area contributed by atoms with E-state index in [2.05, 4.69) is 52.6 Å². The standard InChI is InChI=1S/C23H29N3O2S/c1-19(20-9-3-2-4-10-20)24-15-8-18-29(27,28)26-17-16-25-23-14-7-12-21-11-5-6-13-22(21)23/h2-7,9-14,19,24-26H,8,15-18H2,1H3. The Kier molecular flexibility index (Phi) is 7.63. The molecule has 5 nitrogen and oxygen atoms in total. The molecule has 154 valence electrons. The van der Waals surface area contributed by atoms with Crippen molar-refractivity contribution in [1.82, 2.24) is 10.0 Å². The van der Waals surface area contributed by atoms with Gasteiger partial charge in [-0.2, -0.15) is 0 Å². The fourth-order valence-electron chi connectivity index (χ4n) is 3.30. The highest BCUT2D eigenvalue weighted by Crippen LogP contribution is 2.22. The fraction of sp³-hybridized carbons (Fsp3) is 0.304. The molecule has 0 aromatic heterocycles. The van der Waals surface area contributed by atoms with E-state index in [1.807, 2.05) is 42.5 Å². The molecule has 29 heavy (non-hydrogen) atoms. The molecule has 0 heterocycles. The summed E-state index contributed by atoms with van der Waals surface area (Å²) < 4.78 is 27.1. The average Bonchev–Trinajstić information content (AvgIpc) is 2.75. The van der Waals surface area contributed by atoms with Gasteiger partial charge in [-0.3, -0.25) is 0 Å². The van der Waals surface area contributed by atoms with Crippen LogP contribution >= 0.6 is 0 Å². The molecule has 0 saturated carbocycles. The third kappa shape index (κ3) is 6.56. The van der Waals surface area contributed by atoms with Gasteiger partial charge in [0.05, 0.1) is 5.75 Å². The van der Waals surface area contributed by atoms with Crippen molar-refractivity contribution in [3.8, 4) is 0 Å². The zero-order chi connectivity index (χ0) is 20.5. The van der Waals surface area contributed by atoms with Gasteiger partial charge in [-0.05, 0) is 36.9 Å².